The maximum absolute atomic E-state index is 5.26. The molecule has 0 radical (unpaired) electrons. The molecule has 1 aliphatic carbocycles. The van der Waals surface area contributed by atoms with E-state index in [0.717, 1.165) is 25.7 Å². The molecule has 0 saturated heterocycles. The molecule has 1 atom stereocenters. The van der Waals surface area contributed by atoms with Crippen LogP contribution >= 0.6 is 0 Å². The maximum Gasteiger partial charge on any atom is 0.0589 e. The molecular formula is C15H32N2O. The summed E-state index contributed by atoms with van der Waals surface area (Å²) < 4.78 is 5.26. The lowest BCUT2D eigenvalue weighted by Crippen LogP contribution is -2.44. The lowest BCUT2D eigenvalue weighted by molar-refractivity contribution is 0.0822. The van der Waals surface area contributed by atoms with Crippen LogP contribution in [0.15, 0.2) is 0 Å². The largest absolute Gasteiger partial charge is 0.383 e. The molecule has 0 aromatic heterocycles. The maximum atomic E-state index is 5.26. The van der Waals surface area contributed by atoms with Crippen LogP contribution in [0.2, 0.25) is 0 Å². The zero-order valence-corrected chi connectivity index (χ0v) is 12.7. The summed E-state index contributed by atoms with van der Waals surface area (Å²) in [6, 6.07) is 2.19. The van der Waals surface area contributed by atoms with Crippen LogP contribution in [0.5, 0.6) is 0 Å². The van der Waals surface area contributed by atoms with Crippen LogP contribution in [-0.2, 0) is 4.74 Å². The van der Waals surface area contributed by atoms with Crippen molar-refractivity contribution in [2.24, 2.45) is 0 Å². The lowest BCUT2D eigenvalue weighted by Gasteiger charge is -2.35. The summed E-state index contributed by atoms with van der Waals surface area (Å²) in [5, 5.41) is 3.62. The summed E-state index contributed by atoms with van der Waals surface area (Å²) in [6.45, 7) is 10.0. The highest BCUT2D eigenvalue weighted by atomic mass is 16.5. The van der Waals surface area contributed by atoms with Gasteiger partial charge in [-0.25, -0.2) is 0 Å². The Morgan fingerprint density at radius 1 is 1.28 bits per heavy atom. The van der Waals surface area contributed by atoms with Crippen molar-refractivity contribution in [1.82, 2.24) is 10.2 Å². The topological polar surface area (TPSA) is 24.5 Å². The third-order valence-corrected chi connectivity index (χ3v) is 4.10. The predicted octanol–water partition coefficient (Wildman–Crippen LogP) is 2.65. The summed E-state index contributed by atoms with van der Waals surface area (Å²) in [4.78, 5) is 2.64. The average molecular weight is 256 g/mol. The van der Waals surface area contributed by atoms with Gasteiger partial charge in [-0.2, -0.15) is 0 Å². The lowest BCUT2D eigenvalue weighted by atomic mass is 10.1. The second-order valence-electron chi connectivity index (χ2n) is 5.57. The number of hydrogen-bond donors (Lipinski definition) is 1. The van der Waals surface area contributed by atoms with Gasteiger partial charge in [-0.05, 0) is 45.6 Å². The third kappa shape index (κ3) is 5.68. The molecule has 3 heteroatoms. The molecule has 0 aromatic rings. The van der Waals surface area contributed by atoms with Crippen molar-refractivity contribution >= 4 is 0 Å². The van der Waals surface area contributed by atoms with Gasteiger partial charge in [-0.15, -0.1) is 0 Å². The molecule has 1 aliphatic rings. The molecule has 108 valence electrons. The molecule has 1 fully saturated rings. The van der Waals surface area contributed by atoms with E-state index in [1.165, 1.54) is 32.1 Å². The summed E-state index contributed by atoms with van der Waals surface area (Å²) >= 11 is 0. The molecule has 1 unspecified atom stereocenters. The second kappa shape index (κ2) is 8.89. The molecule has 0 amide bonds. The van der Waals surface area contributed by atoms with E-state index in [1.54, 1.807) is 7.11 Å². The van der Waals surface area contributed by atoms with E-state index in [0.29, 0.717) is 12.1 Å². The fraction of sp³-hybridized carbons (Fsp3) is 1.00. The standard InChI is InChI=1S/C15H32N2O/c1-5-15(6-2)17(11-12-18-4)13(3)9-10-16-14-7-8-14/h13-16H,5-12H2,1-4H3. The van der Waals surface area contributed by atoms with Crippen molar-refractivity contribution in [1.29, 1.82) is 0 Å². The molecule has 3 nitrogen and oxygen atoms in total. The van der Waals surface area contributed by atoms with Crippen LogP contribution in [0.1, 0.15) is 52.9 Å². The second-order valence-corrected chi connectivity index (χ2v) is 5.57. The van der Waals surface area contributed by atoms with E-state index >= 15 is 0 Å². The van der Waals surface area contributed by atoms with Gasteiger partial charge in [0.25, 0.3) is 0 Å². The number of nitrogens with one attached hydrogen (secondary N) is 1. The van der Waals surface area contributed by atoms with Gasteiger partial charge in [0.05, 0.1) is 6.61 Å². The van der Waals surface area contributed by atoms with Crippen LogP contribution in [0.3, 0.4) is 0 Å². The van der Waals surface area contributed by atoms with E-state index in [4.69, 9.17) is 4.74 Å². The van der Waals surface area contributed by atoms with E-state index in [1.807, 2.05) is 0 Å². The first kappa shape index (κ1) is 15.9. The van der Waals surface area contributed by atoms with Crippen LogP contribution < -0.4 is 5.32 Å². The summed E-state index contributed by atoms with van der Waals surface area (Å²) in [6.07, 6.45) is 6.49. The molecular weight excluding hydrogens is 224 g/mol. The van der Waals surface area contributed by atoms with Crippen molar-refractivity contribution < 1.29 is 4.74 Å². The normalized spacial score (nSPS) is 17.7. The van der Waals surface area contributed by atoms with Gasteiger partial charge >= 0.3 is 0 Å². The molecule has 0 bridgehead atoms. The Labute approximate surface area is 113 Å². The fourth-order valence-corrected chi connectivity index (χ4v) is 2.67. The molecule has 1 N–H and O–H groups in total. The summed E-state index contributed by atoms with van der Waals surface area (Å²) in [5.41, 5.74) is 0. The molecule has 0 aliphatic heterocycles. The van der Waals surface area contributed by atoms with Crippen LogP contribution in [0, 0.1) is 0 Å². The van der Waals surface area contributed by atoms with Gasteiger partial charge in [0.15, 0.2) is 0 Å². The van der Waals surface area contributed by atoms with Crippen LogP contribution in [0.4, 0.5) is 0 Å². The number of nitrogens with zero attached hydrogens (tertiary/aromatic N) is 1. The minimum Gasteiger partial charge on any atom is -0.383 e. The van der Waals surface area contributed by atoms with Gasteiger partial charge in [0.2, 0.25) is 0 Å². The van der Waals surface area contributed by atoms with Crippen molar-refractivity contribution in [3.63, 3.8) is 0 Å². The predicted molar refractivity (Wildman–Crippen MR) is 78.1 cm³/mol. The summed E-state index contributed by atoms with van der Waals surface area (Å²) in [7, 11) is 1.80. The Bertz CT molecular complexity index is 203. The highest BCUT2D eigenvalue weighted by Crippen LogP contribution is 2.19. The number of hydrogen-bond acceptors (Lipinski definition) is 3. The molecule has 1 rings (SSSR count). The number of ether oxygens (including phenoxy) is 1. The highest BCUT2D eigenvalue weighted by molar-refractivity contribution is 4.82. The molecule has 0 heterocycles. The molecule has 18 heavy (non-hydrogen) atoms. The van der Waals surface area contributed by atoms with Gasteiger partial charge in [0, 0.05) is 31.8 Å². The molecule has 0 spiro atoms. The Morgan fingerprint density at radius 2 is 1.94 bits per heavy atom. The quantitative estimate of drug-likeness (QED) is 0.615. The van der Waals surface area contributed by atoms with E-state index in [9.17, 15) is 0 Å². The Morgan fingerprint density at radius 3 is 2.44 bits per heavy atom. The SMILES string of the molecule is CCC(CC)N(CCOC)C(C)CCNC1CC1. The Hall–Kier alpha value is -0.120. The van der Waals surface area contributed by atoms with Crippen molar-refractivity contribution in [3.05, 3.63) is 0 Å². The number of methoxy groups -OCH3 is 1. The van der Waals surface area contributed by atoms with E-state index < -0.39 is 0 Å². The molecule has 1 saturated carbocycles. The van der Waals surface area contributed by atoms with Gasteiger partial charge in [-0.3, -0.25) is 4.90 Å². The minimum absolute atomic E-state index is 0.649. The first-order valence-corrected chi connectivity index (χ1v) is 7.70. The molecule has 0 aromatic carbocycles. The van der Waals surface area contributed by atoms with Crippen molar-refractivity contribution in [3.8, 4) is 0 Å². The smallest absolute Gasteiger partial charge is 0.0589 e. The van der Waals surface area contributed by atoms with Gasteiger partial charge < -0.3 is 10.1 Å². The third-order valence-electron chi connectivity index (χ3n) is 4.10. The first-order chi connectivity index (χ1) is 8.72. The zero-order chi connectivity index (χ0) is 13.4. The minimum atomic E-state index is 0.649. The summed E-state index contributed by atoms with van der Waals surface area (Å²) in [5.74, 6) is 0. The van der Waals surface area contributed by atoms with Gasteiger partial charge in [-0.1, -0.05) is 13.8 Å². The first-order valence-electron chi connectivity index (χ1n) is 7.70. The Kier molecular flexibility index (Phi) is 7.87. The van der Waals surface area contributed by atoms with E-state index in [2.05, 4.69) is 31.0 Å². The van der Waals surface area contributed by atoms with Gasteiger partial charge in [0.1, 0.15) is 0 Å². The van der Waals surface area contributed by atoms with Crippen molar-refractivity contribution in [2.45, 2.75) is 71.0 Å². The Balaban J connectivity index is 2.33. The van der Waals surface area contributed by atoms with Crippen LogP contribution in [-0.4, -0.2) is 49.8 Å². The highest BCUT2D eigenvalue weighted by Gasteiger charge is 2.23. The van der Waals surface area contributed by atoms with Crippen molar-refractivity contribution in [2.75, 3.05) is 26.8 Å². The fourth-order valence-electron chi connectivity index (χ4n) is 2.67. The number of rotatable bonds is 11. The average Bonchev–Trinajstić information content (AvgIpc) is 3.18. The monoisotopic (exact) mass is 256 g/mol. The zero-order valence-electron chi connectivity index (χ0n) is 12.7. The van der Waals surface area contributed by atoms with E-state index in [-0.39, 0.29) is 0 Å². The van der Waals surface area contributed by atoms with Crippen LogP contribution in [0.25, 0.3) is 0 Å².